The first-order chi connectivity index (χ1) is 7.56. The molecule has 0 saturated carbocycles. The third kappa shape index (κ3) is 2.03. The normalized spacial score (nSPS) is 16.2. The Morgan fingerprint density at radius 1 is 1.25 bits per heavy atom. The maximum absolute atomic E-state index is 13.1. The summed E-state index contributed by atoms with van der Waals surface area (Å²) in [5.74, 6) is -0.965. The molecule has 84 valence electrons. The van der Waals surface area contributed by atoms with Crippen LogP contribution in [0.5, 0.6) is 0 Å². The van der Waals surface area contributed by atoms with Crippen LogP contribution >= 0.6 is 0 Å². The van der Waals surface area contributed by atoms with Crippen LogP contribution in [0.1, 0.15) is 5.56 Å². The molecule has 1 aliphatic heterocycles. The van der Waals surface area contributed by atoms with E-state index in [1.807, 2.05) is 0 Å². The van der Waals surface area contributed by atoms with Crippen molar-refractivity contribution in [1.82, 2.24) is 5.32 Å². The summed E-state index contributed by atoms with van der Waals surface area (Å²) in [7, 11) is 0. The number of nitrogens with one attached hydrogen (secondary N) is 1. The van der Waals surface area contributed by atoms with Gasteiger partial charge in [0.2, 0.25) is 11.8 Å². The van der Waals surface area contributed by atoms with Gasteiger partial charge in [-0.2, -0.15) is 0 Å². The molecule has 4 nitrogen and oxygen atoms in total. The summed E-state index contributed by atoms with van der Waals surface area (Å²) in [4.78, 5) is 23.9. The Kier molecular flexibility index (Phi) is 2.60. The summed E-state index contributed by atoms with van der Waals surface area (Å²) in [6.07, 6.45) is 0. The summed E-state index contributed by atoms with van der Waals surface area (Å²) in [6, 6.07) is 4.52. The third-order valence-electron chi connectivity index (χ3n) is 2.45. The third-order valence-corrected chi connectivity index (χ3v) is 2.45. The van der Waals surface area contributed by atoms with Crippen LogP contribution in [0.4, 0.5) is 10.1 Å². The summed E-state index contributed by atoms with van der Waals surface area (Å²) >= 11 is 0. The van der Waals surface area contributed by atoms with Crippen LogP contribution in [0.15, 0.2) is 18.2 Å². The lowest BCUT2D eigenvalue weighted by molar-refractivity contribution is -0.130. The van der Waals surface area contributed by atoms with Crippen molar-refractivity contribution in [2.45, 2.75) is 6.92 Å². The number of amides is 2. The average molecular weight is 222 g/mol. The molecule has 1 N–H and O–H groups in total. The van der Waals surface area contributed by atoms with Crippen LogP contribution < -0.4 is 10.2 Å². The largest absolute Gasteiger partial charge is 0.353 e. The molecule has 1 saturated heterocycles. The highest BCUT2D eigenvalue weighted by Crippen LogP contribution is 2.18. The number of nitrogens with zero attached hydrogens (tertiary/aromatic N) is 1. The van der Waals surface area contributed by atoms with E-state index in [0.717, 1.165) is 0 Å². The van der Waals surface area contributed by atoms with Gasteiger partial charge in [-0.05, 0) is 30.7 Å². The first-order valence-electron chi connectivity index (χ1n) is 4.90. The lowest BCUT2D eigenvalue weighted by Crippen LogP contribution is -2.51. The van der Waals surface area contributed by atoms with Crippen molar-refractivity contribution in [3.8, 4) is 0 Å². The second-order valence-corrected chi connectivity index (χ2v) is 3.76. The fourth-order valence-corrected chi connectivity index (χ4v) is 1.65. The van der Waals surface area contributed by atoms with Crippen LogP contribution in [-0.4, -0.2) is 24.9 Å². The minimum Gasteiger partial charge on any atom is -0.353 e. The zero-order valence-corrected chi connectivity index (χ0v) is 8.79. The molecule has 16 heavy (non-hydrogen) atoms. The van der Waals surface area contributed by atoms with Crippen LogP contribution in [0, 0.1) is 12.7 Å². The van der Waals surface area contributed by atoms with Crippen molar-refractivity contribution in [3.63, 3.8) is 0 Å². The van der Waals surface area contributed by atoms with Crippen molar-refractivity contribution >= 4 is 17.5 Å². The van der Waals surface area contributed by atoms with E-state index in [-0.39, 0.29) is 30.7 Å². The summed E-state index contributed by atoms with van der Waals surface area (Å²) in [5.41, 5.74) is 1.18. The highest BCUT2D eigenvalue weighted by molar-refractivity contribution is 6.02. The van der Waals surface area contributed by atoms with E-state index in [4.69, 9.17) is 0 Å². The van der Waals surface area contributed by atoms with Gasteiger partial charge in [-0.15, -0.1) is 0 Å². The van der Waals surface area contributed by atoms with Gasteiger partial charge in [0.05, 0.1) is 13.1 Å². The number of carbonyl (C=O) groups is 2. The molecule has 1 heterocycles. The Morgan fingerprint density at radius 2 is 1.88 bits per heavy atom. The van der Waals surface area contributed by atoms with Crippen LogP contribution in [0.2, 0.25) is 0 Å². The summed E-state index contributed by atoms with van der Waals surface area (Å²) < 4.78 is 13.1. The van der Waals surface area contributed by atoms with Gasteiger partial charge in [0.25, 0.3) is 0 Å². The fourth-order valence-electron chi connectivity index (χ4n) is 1.65. The molecule has 0 radical (unpaired) electrons. The molecule has 1 aromatic rings. The second-order valence-electron chi connectivity index (χ2n) is 3.76. The number of piperazine rings is 1. The monoisotopic (exact) mass is 222 g/mol. The number of aryl methyl sites for hydroxylation is 1. The van der Waals surface area contributed by atoms with Crippen molar-refractivity contribution in [3.05, 3.63) is 29.6 Å². The Morgan fingerprint density at radius 3 is 2.44 bits per heavy atom. The number of carbonyl (C=O) groups excluding carboxylic acids is 2. The van der Waals surface area contributed by atoms with Gasteiger partial charge in [-0.3, -0.25) is 14.9 Å². The number of rotatable bonds is 1. The van der Waals surface area contributed by atoms with Crippen molar-refractivity contribution in [2.24, 2.45) is 0 Å². The molecular formula is C11H11FN2O2. The van der Waals surface area contributed by atoms with Gasteiger partial charge in [-0.1, -0.05) is 0 Å². The van der Waals surface area contributed by atoms with Gasteiger partial charge >= 0.3 is 0 Å². The van der Waals surface area contributed by atoms with Crippen molar-refractivity contribution in [1.29, 1.82) is 0 Å². The zero-order valence-electron chi connectivity index (χ0n) is 8.79. The molecule has 1 aliphatic rings. The number of hydrogen-bond acceptors (Lipinski definition) is 3. The maximum atomic E-state index is 13.1. The molecule has 2 amide bonds. The highest BCUT2D eigenvalue weighted by Gasteiger charge is 2.22. The average Bonchev–Trinajstić information content (AvgIpc) is 2.20. The Labute approximate surface area is 92.0 Å². The molecular weight excluding hydrogens is 211 g/mol. The Bertz CT molecular complexity index is 443. The van der Waals surface area contributed by atoms with Crippen LogP contribution in [0.3, 0.4) is 0 Å². The molecule has 0 spiro atoms. The van der Waals surface area contributed by atoms with Crippen LogP contribution in [0.25, 0.3) is 0 Å². The molecule has 0 atom stereocenters. The summed E-state index contributed by atoms with van der Waals surface area (Å²) in [5, 5.41) is 2.21. The number of anilines is 1. The van der Waals surface area contributed by atoms with Gasteiger partial charge in [0.15, 0.2) is 0 Å². The lowest BCUT2D eigenvalue weighted by atomic mass is 10.2. The first-order valence-corrected chi connectivity index (χ1v) is 4.90. The van der Waals surface area contributed by atoms with Gasteiger partial charge < -0.3 is 4.90 Å². The highest BCUT2D eigenvalue weighted by atomic mass is 19.1. The van der Waals surface area contributed by atoms with Crippen molar-refractivity contribution in [2.75, 3.05) is 18.0 Å². The second kappa shape index (κ2) is 3.92. The van der Waals surface area contributed by atoms with E-state index in [9.17, 15) is 14.0 Å². The molecule has 1 fully saturated rings. The van der Waals surface area contributed by atoms with E-state index >= 15 is 0 Å². The molecule has 5 heteroatoms. The molecule has 1 aromatic carbocycles. The van der Waals surface area contributed by atoms with E-state index in [1.165, 1.54) is 6.07 Å². The zero-order chi connectivity index (χ0) is 11.7. The van der Waals surface area contributed by atoms with E-state index in [2.05, 4.69) is 5.32 Å². The first kappa shape index (κ1) is 10.6. The lowest BCUT2D eigenvalue weighted by Gasteiger charge is -2.27. The molecule has 0 aliphatic carbocycles. The maximum Gasteiger partial charge on any atom is 0.246 e. The SMILES string of the molecule is Cc1cc(N2CC(=O)NC(=O)C2)ccc1F. The standard InChI is InChI=1S/C11H11FN2O2/c1-7-4-8(2-3-9(7)12)14-5-10(15)13-11(16)6-14/h2-4H,5-6H2,1H3,(H,13,15,16). The van der Waals surface area contributed by atoms with Gasteiger partial charge in [-0.25, -0.2) is 4.39 Å². The predicted octanol–water partition coefficient (Wildman–Crippen LogP) is 0.597. The smallest absolute Gasteiger partial charge is 0.246 e. The molecule has 0 unspecified atom stereocenters. The van der Waals surface area contributed by atoms with E-state index in [1.54, 1.807) is 24.0 Å². The van der Waals surface area contributed by atoms with Crippen molar-refractivity contribution < 1.29 is 14.0 Å². The van der Waals surface area contributed by atoms with E-state index in [0.29, 0.717) is 11.3 Å². The quantitative estimate of drug-likeness (QED) is 0.708. The number of halogens is 1. The molecule has 2 rings (SSSR count). The van der Waals surface area contributed by atoms with Gasteiger partial charge in [0.1, 0.15) is 5.82 Å². The fraction of sp³-hybridized carbons (Fsp3) is 0.273. The Balaban J connectivity index is 2.26. The topological polar surface area (TPSA) is 49.4 Å². The van der Waals surface area contributed by atoms with Crippen LogP contribution in [-0.2, 0) is 9.59 Å². The minimum absolute atomic E-state index is 0.122. The minimum atomic E-state index is -0.335. The number of benzene rings is 1. The Hall–Kier alpha value is -1.91. The molecule has 0 bridgehead atoms. The number of imide groups is 1. The number of hydrogen-bond donors (Lipinski definition) is 1. The van der Waals surface area contributed by atoms with E-state index < -0.39 is 0 Å². The molecule has 0 aromatic heterocycles. The van der Waals surface area contributed by atoms with Gasteiger partial charge in [0, 0.05) is 5.69 Å². The summed E-state index contributed by atoms with van der Waals surface area (Å²) in [6.45, 7) is 1.89. The predicted molar refractivity (Wildman–Crippen MR) is 56.5 cm³/mol.